The number of aryl methyl sites for hydroxylation is 1. The number of H-pyrrole nitrogens is 1. The Morgan fingerprint density at radius 3 is 2.58 bits per heavy atom. The van der Waals surface area contributed by atoms with Gasteiger partial charge in [-0.05, 0) is 6.92 Å². The normalized spacial score (nSPS) is 30.7. The highest BCUT2D eigenvalue weighted by Gasteiger charge is 2.63. The van der Waals surface area contributed by atoms with E-state index in [1.807, 2.05) is 0 Å². The van der Waals surface area contributed by atoms with Crippen LogP contribution >= 0.6 is 0 Å². The van der Waals surface area contributed by atoms with E-state index in [9.17, 15) is 24.9 Å². The Hall–Kier alpha value is -1.56. The minimum atomic E-state index is -1.81. The number of nitrogens with zero attached hydrogens (tertiary/aromatic N) is 1. The van der Waals surface area contributed by atoms with Crippen LogP contribution in [-0.2, 0) is 15.3 Å². The molecule has 0 saturated carbocycles. The van der Waals surface area contributed by atoms with Crippen LogP contribution in [0.3, 0.4) is 0 Å². The molecule has 10 heteroatoms. The predicted molar refractivity (Wildman–Crippen MR) is 81.9 cm³/mol. The maximum absolute atomic E-state index is 12.4. The van der Waals surface area contributed by atoms with Gasteiger partial charge in [0.05, 0.1) is 13.2 Å². The zero-order valence-corrected chi connectivity index (χ0v) is 13.7. The Balaban J connectivity index is 2.77. The van der Waals surface area contributed by atoms with Gasteiger partial charge in [-0.25, -0.2) is 10.7 Å². The second-order valence-electron chi connectivity index (χ2n) is 6.61. The van der Waals surface area contributed by atoms with E-state index in [0.29, 0.717) is 0 Å². The van der Waals surface area contributed by atoms with E-state index in [1.165, 1.54) is 13.1 Å². The van der Waals surface area contributed by atoms with E-state index in [1.54, 1.807) is 13.8 Å². The van der Waals surface area contributed by atoms with E-state index in [0.717, 1.165) is 4.57 Å². The maximum atomic E-state index is 12.4. The van der Waals surface area contributed by atoms with Gasteiger partial charge in [-0.2, -0.15) is 0 Å². The lowest BCUT2D eigenvalue weighted by atomic mass is 9.77. The van der Waals surface area contributed by atoms with Crippen LogP contribution in [0.1, 0.15) is 19.4 Å². The summed E-state index contributed by atoms with van der Waals surface area (Å²) in [6.45, 7) is 4.00. The van der Waals surface area contributed by atoms with Crippen molar-refractivity contribution in [2.75, 3.05) is 13.2 Å². The summed E-state index contributed by atoms with van der Waals surface area (Å²) in [6, 6.07) is 0. The highest BCUT2D eigenvalue weighted by Crippen LogP contribution is 2.47. The topological polar surface area (TPSA) is 160 Å². The van der Waals surface area contributed by atoms with Crippen LogP contribution in [0.4, 0.5) is 0 Å². The minimum absolute atomic E-state index is 0.139. The SMILES string of the molecule is Cc1cn([C@]2(C(C)(C)CON)O[C@H](CO)[C@@H](O)[C@H]2O)c(=O)[nH]c1=O. The lowest BCUT2D eigenvalue weighted by Crippen LogP contribution is -2.61. The summed E-state index contributed by atoms with van der Waals surface area (Å²) in [6.07, 6.45) is -2.93. The van der Waals surface area contributed by atoms with E-state index in [4.69, 9.17) is 10.6 Å². The van der Waals surface area contributed by atoms with E-state index >= 15 is 0 Å². The first-order chi connectivity index (χ1) is 11.1. The average molecular weight is 345 g/mol. The van der Waals surface area contributed by atoms with Crippen LogP contribution in [0.2, 0.25) is 0 Å². The second-order valence-corrected chi connectivity index (χ2v) is 6.61. The molecule has 1 aromatic rings. The van der Waals surface area contributed by atoms with Crippen LogP contribution in [0.15, 0.2) is 15.8 Å². The fraction of sp³-hybridized carbons (Fsp3) is 0.714. The number of hydrogen-bond donors (Lipinski definition) is 5. The number of rotatable bonds is 5. The molecular weight excluding hydrogens is 322 g/mol. The van der Waals surface area contributed by atoms with Gasteiger partial charge in [-0.3, -0.25) is 14.3 Å². The average Bonchev–Trinajstić information content (AvgIpc) is 2.76. The molecule has 2 rings (SSSR count). The summed E-state index contributed by atoms with van der Waals surface area (Å²) in [5, 5.41) is 30.3. The molecule has 0 aromatic carbocycles. The van der Waals surface area contributed by atoms with Crippen molar-refractivity contribution in [3.8, 4) is 0 Å². The Labute approximate surface area is 137 Å². The molecule has 1 aliphatic rings. The zero-order valence-electron chi connectivity index (χ0n) is 13.7. The van der Waals surface area contributed by atoms with Crippen molar-refractivity contribution >= 4 is 0 Å². The van der Waals surface area contributed by atoms with Crippen LogP contribution in [-0.4, -0.2) is 56.4 Å². The molecule has 0 spiro atoms. The Kier molecular flexibility index (Phi) is 5.00. The third-order valence-electron chi connectivity index (χ3n) is 4.51. The number of hydrogen-bond acceptors (Lipinski definition) is 8. The molecule has 10 nitrogen and oxygen atoms in total. The molecule has 0 unspecified atom stereocenters. The zero-order chi connectivity index (χ0) is 18.3. The summed E-state index contributed by atoms with van der Waals surface area (Å²) in [5.74, 6) is 5.16. The fourth-order valence-electron chi connectivity index (χ4n) is 3.16. The molecule has 0 radical (unpaired) electrons. The van der Waals surface area contributed by atoms with Gasteiger partial charge in [0, 0.05) is 17.2 Å². The molecule has 0 amide bonds. The molecule has 1 fully saturated rings. The van der Waals surface area contributed by atoms with Crippen molar-refractivity contribution in [2.24, 2.45) is 11.3 Å². The molecule has 4 atom stereocenters. The lowest BCUT2D eigenvalue weighted by molar-refractivity contribution is -0.230. The Bertz CT molecular complexity index is 713. The summed E-state index contributed by atoms with van der Waals surface area (Å²) in [7, 11) is 0. The molecule has 0 aliphatic carbocycles. The number of nitrogens with one attached hydrogen (secondary N) is 1. The van der Waals surface area contributed by atoms with Gasteiger partial charge in [-0.1, -0.05) is 13.8 Å². The highest BCUT2D eigenvalue weighted by atomic mass is 16.6. The van der Waals surface area contributed by atoms with Crippen molar-refractivity contribution < 1.29 is 24.9 Å². The van der Waals surface area contributed by atoms with Crippen molar-refractivity contribution in [1.29, 1.82) is 0 Å². The summed E-state index contributed by atoms with van der Waals surface area (Å²) in [5.41, 5.74) is -4.13. The summed E-state index contributed by atoms with van der Waals surface area (Å²) < 4.78 is 6.76. The van der Waals surface area contributed by atoms with E-state index in [-0.39, 0.29) is 12.2 Å². The number of aliphatic hydroxyl groups excluding tert-OH is 3. The molecule has 6 N–H and O–H groups in total. The van der Waals surface area contributed by atoms with E-state index in [2.05, 4.69) is 9.82 Å². The standard InChI is InChI=1S/C14H23N3O7/c1-7-4-17(12(22)16-11(7)21)14(13(2,3)6-23-15)10(20)9(19)8(5-18)24-14/h4,8-10,18-20H,5-6,15H2,1-3H3,(H,16,21,22)/t8-,9-,10-,14+/m1/s1. The predicted octanol–water partition coefficient (Wildman–Crippen LogP) is -2.47. The van der Waals surface area contributed by atoms with Crippen molar-refractivity contribution in [3.05, 3.63) is 32.6 Å². The number of aromatic amines is 1. The first-order valence-electron chi connectivity index (χ1n) is 7.42. The van der Waals surface area contributed by atoms with Gasteiger partial charge in [0.25, 0.3) is 5.56 Å². The third kappa shape index (κ3) is 2.61. The molecular formula is C14H23N3O7. The van der Waals surface area contributed by atoms with Crippen molar-refractivity contribution in [1.82, 2.24) is 9.55 Å². The first kappa shape index (κ1) is 18.8. The van der Waals surface area contributed by atoms with Crippen molar-refractivity contribution in [3.63, 3.8) is 0 Å². The second kappa shape index (κ2) is 6.39. The fourth-order valence-corrected chi connectivity index (χ4v) is 3.16. The molecule has 1 aromatic heterocycles. The van der Waals surface area contributed by atoms with Crippen molar-refractivity contribution in [2.45, 2.75) is 44.8 Å². The molecule has 2 heterocycles. The van der Waals surface area contributed by atoms with E-state index < -0.39 is 47.3 Å². The quantitative estimate of drug-likeness (QED) is 0.367. The number of ether oxygens (including phenoxy) is 1. The number of aliphatic hydroxyl groups is 3. The maximum Gasteiger partial charge on any atom is 0.330 e. The highest BCUT2D eigenvalue weighted by molar-refractivity contribution is 5.11. The van der Waals surface area contributed by atoms with Crippen LogP contribution in [0, 0.1) is 12.3 Å². The first-order valence-corrected chi connectivity index (χ1v) is 7.42. The Morgan fingerprint density at radius 2 is 2.08 bits per heavy atom. The number of nitrogens with two attached hydrogens (primary N) is 1. The van der Waals surface area contributed by atoms with Gasteiger partial charge < -0.3 is 24.9 Å². The largest absolute Gasteiger partial charge is 0.394 e. The van der Waals surface area contributed by atoms with Gasteiger partial charge in [0.15, 0.2) is 5.72 Å². The van der Waals surface area contributed by atoms with Gasteiger partial charge in [-0.15, -0.1) is 0 Å². The van der Waals surface area contributed by atoms with Crippen LogP contribution in [0.25, 0.3) is 0 Å². The molecule has 136 valence electrons. The molecule has 1 aliphatic heterocycles. The van der Waals surface area contributed by atoms with Crippen LogP contribution in [0.5, 0.6) is 0 Å². The summed E-state index contributed by atoms with van der Waals surface area (Å²) >= 11 is 0. The monoisotopic (exact) mass is 345 g/mol. The Morgan fingerprint density at radius 1 is 1.46 bits per heavy atom. The lowest BCUT2D eigenvalue weighted by Gasteiger charge is -2.45. The van der Waals surface area contributed by atoms with Gasteiger partial charge in [0.1, 0.15) is 18.3 Å². The minimum Gasteiger partial charge on any atom is -0.394 e. The molecule has 24 heavy (non-hydrogen) atoms. The summed E-state index contributed by atoms with van der Waals surface area (Å²) in [4.78, 5) is 30.9. The third-order valence-corrected chi connectivity index (χ3v) is 4.51. The van der Waals surface area contributed by atoms with Gasteiger partial charge in [0.2, 0.25) is 0 Å². The molecule has 0 bridgehead atoms. The molecule has 1 saturated heterocycles. The van der Waals surface area contributed by atoms with Crippen LogP contribution < -0.4 is 17.1 Å². The smallest absolute Gasteiger partial charge is 0.330 e. The number of aromatic nitrogens is 2. The van der Waals surface area contributed by atoms with Gasteiger partial charge >= 0.3 is 5.69 Å².